The van der Waals surface area contributed by atoms with Gasteiger partial charge in [-0.05, 0) is 25.0 Å². The molecule has 8 heteroatoms. The van der Waals surface area contributed by atoms with Crippen molar-refractivity contribution < 1.29 is 9.47 Å². The number of para-hydroxylation sites is 1. The number of aromatic amines is 1. The molecule has 3 heterocycles. The molecule has 0 unspecified atom stereocenters. The highest BCUT2D eigenvalue weighted by Crippen LogP contribution is 2.46. The third-order valence-corrected chi connectivity index (χ3v) is 6.55. The highest BCUT2D eigenvalue weighted by Gasteiger charge is 2.26. The van der Waals surface area contributed by atoms with E-state index >= 15 is 0 Å². The predicted octanol–water partition coefficient (Wildman–Crippen LogP) is 4.32. The molecule has 144 valence electrons. The van der Waals surface area contributed by atoms with Gasteiger partial charge >= 0.3 is 0 Å². The van der Waals surface area contributed by atoms with Gasteiger partial charge in [-0.1, -0.05) is 12.1 Å². The lowest BCUT2D eigenvalue weighted by Crippen LogP contribution is -1.99. The van der Waals surface area contributed by atoms with Crippen molar-refractivity contribution in [2.75, 3.05) is 19.5 Å². The Kier molecular flexibility index (Phi) is 4.20. The summed E-state index contributed by atoms with van der Waals surface area (Å²) in [5, 5.41) is 16.7. The minimum absolute atomic E-state index is 0.599. The van der Waals surface area contributed by atoms with Crippen molar-refractivity contribution >= 4 is 33.4 Å². The second kappa shape index (κ2) is 6.87. The molecule has 7 nitrogen and oxygen atoms in total. The van der Waals surface area contributed by atoms with Crippen LogP contribution in [0, 0.1) is 0 Å². The number of benzene rings is 1. The summed E-state index contributed by atoms with van der Waals surface area (Å²) in [6.45, 7) is 0. The maximum atomic E-state index is 5.41. The summed E-state index contributed by atoms with van der Waals surface area (Å²) in [4.78, 5) is 9.64. The van der Waals surface area contributed by atoms with Crippen LogP contribution in [0.15, 0.2) is 57.8 Å². The topological polar surface area (TPSA) is 85.0 Å². The molecule has 0 amide bonds. The number of H-pyrrole nitrogens is 1. The Morgan fingerprint density at radius 2 is 1.82 bits per heavy atom. The minimum Gasteiger partial charge on any atom is -0.492 e. The van der Waals surface area contributed by atoms with E-state index in [1.807, 2.05) is 35.1 Å². The highest BCUT2D eigenvalue weighted by molar-refractivity contribution is 8.22. The van der Waals surface area contributed by atoms with Gasteiger partial charge in [-0.25, -0.2) is 9.97 Å². The van der Waals surface area contributed by atoms with Crippen molar-refractivity contribution in [2.24, 2.45) is 0 Å². The minimum atomic E-state index is -0.852. The number of aromatic nitrogens is 4. The average molecular weight is 395 g/mol. The van der Waals surface area contributed by atoms with Crippen LogP contribution in [-0.4, -0.2) is 34.4 Å². The summed E-state index contributed by atoms with van der Waals surface area (Å²) in [7, 11) is 2.43. The molecule has 1 saturated carbocycles. The monoisotopic (exact) mass is 395 g/mol. The Morgan fingerprint density at radius 1 is 1.07 bits per heavy atom. The van der Waals surface area contributed by atoms with Crippen LogP contribution in [0.4, 0.5) is 11.6 Å². The molecule has 28 heavy (non-hydrogen) atoms. The molecule has 0 radical (unpaired) electrons. The lowest BCUT2D eigenvalue weighted by atomic mass is 10.2. The lowest BCUT2D eigenvalue weighted by molar-refractivity contribution is 0.223. The van der Waals surface area contributed by atoms with E-state index in [1.165, 1.54) is 12.8 Å². The number of thiol groups is 1. The summed E-state index contributed by atoms with van der Waals surface area (Å²) in [5.74, 6) is 3.66. The van der Waals surface area contributed by atoms with E-state index in [-0.39, 0.29) is 0 Å². The molecular formula is C20H21N5O2S. The number of nitrogens with one attached hydrogen (secondary N) is 2. The lowest BCUT2D eigenvalue weighted by Gasteiger charge is -2.13. The van der Waals surface area contributed by atoms with Crippen LogP contribution < -0.4 is 5.32 Å². The zero-order chi connectivity index (χ0) is 19.1. The summed E-state index contributed by atoms with van der Waals surface area (Å²) < 4.78 is 10.8. The van der Waals surface area contributed by atoms with Crippen molar-refractivity contribution in [1.82, 2.24) is 20.2 Å². The molecule has 0 saturated heterocycles. The molecule has 1 aliphatic heterocycles. The molecule has 0 spiro atoms. The Morgan fingerprint density at radius 3 is 2.54 bits per heavy atom. The van der Waals surface area contributed by atoms with Crippen LogP contribution in [-0.2, 0) is 9.47 Å². The molecule has 0 bridgehead atoms. The largest absolute Gasteiger partial charge is 0.492 e. The Hall–Kier alpha value is -3.00. The zero-order valence-electron chi connectivity index (χ0n) is 15.6. The van der Waals surface area contributed by atoms with Gasteiger partial charge in [0.2, 0.25) is 0 Å². The second-order valence-corrected chi connectivity index (χ2v) is 8.53. The van der Waals surface area contributed by atoms with Crippen molar-refractivity contribution in [3.05, 3.63) is 58.4 Å². The molecule has 2 aromatic heterocycles. The first kappa shape index (κ1) is 17.1. The van der Waals surface area contributed by atoms with Gasteiger partial charge in [-0.3, -0.25) is 5.10 Å². The SMILES string of the molecule is COC1=C[SH](c2nc(Nc3cc(C4CC4)n[nH]3)c3ccccc3n2)C=C1OC. The number of anilines is 2. The van der Waals surface area contributed by atoms with E-state index in [0.717, 1.165) is 44.9 Å². The summed E-state index contributed by atoms with van der Waals surface area (Å²) >= 11 is 0. The maximum Gasteiger partial charge on any atom is 0.177 e. The smallest absolute Gasteiger partial charge is 0.177 e. The number of ether oxygens (including phenoxy) is 2. The van der Waals surface area contributed by atoms with E-state index in [1.54, 1.807) is 14.2 Å². The quantitative estimate of drug-likeness (QED) is 0.426. The standard InChI is InChI=1S/C20H21N5O2S/c1-26-16-10-28(11-17(16)27-2)20-21-14-6-4-3-5-13(14)19(23-20)22-18-9-15(24-25-18)12-7-8-12/h3-6,9-12,28H,7-8H2,1-2H3,(H2,21,22,23,24,25). The predicted molar refractivity (Wildman–Crippen MR) is 111 cm³/mol. The molecule has 1 aromatic carbocycles. The molecule has 3 aromatic rings. The van der Waals surface area contributed by atoms with Gasteiger partial charge in [0.25, 0.3) is 0 Å². The fourth-order valence-electron chi connectivity index (χ4n) is 3.23. The number of hydrogen-bond donors (Lipinski definition) is 3. The van der Waals surface area contributed by atoms with E-state index in [0.29, 0.717) is 5.92 Å². The summed E-state index contributed by atoms with van der Waals surface area (Å²) in [6.07, 6.45) is 2.44. The number of rotatable bonds is 6. The van der Waals surface area contributed by atoms with Gasteiger partial charge in [-0.15, -0.1) is 10.9 Å². The highest BCUT2D eigenvalue weighted by atomic mass is 32.2. The van der Waals surface area contributed by atoms with Gasteiger partial charge < -0.3 is 14.8 Å². The number of nitrogens with zero attached hydrogens (tertiary/aromatic N) is 3. The van der Waals surface area contributed by atoms with Crippen LogP contribution >= 0.6 is 10.9 Å². The van der Waals surface area contributed by atoms with E-state index in [4.69, 9.17) is 19.4 Å². The Labute approximate surface area is 165 Å². The van der Waals surface area contributed by atoms with Crippen molar-refractivity contribution in [1.29, 1.82) is 0 Å². The number of methoxy groups -OCH3 is 2. The maximum absolute atomic E-state index is 5.41. The Balaban J connectivity index is 1.54. The van der Waals surface area contributed by atoms with Gasteiger partial charge in [0.05, 0.1) is 25.4 Å². The van der Waals surface area contributed by atoms with Gasteiger partial charge in [0.15, 0.2) is 16.7 Å². The van der Waals surface area contributed by atoms with E-state index < -0.39 is 10.9 Å². The van der Waals surface area contributed by atoms with Gasteiger partial charge in [0.1, 0.15) is 11.6 Å². The summed E-state index contributed by atoms with van der Waals surface area (Å²) in [5.41, 5.74) is 2.01. The molecular weight excluding hydrogens is 374 g/mol. The summed E-state index contributed by atoms with van der Waals surface area (Å²) in [6, 6.07) is 10.1. The molecule has 5 rings (SSSR count). The second-order valence-electron chi connectivity index (χ2n) is 6.80. The zero-order valence-corrected chi connectivity index (χ0v) is 16.5. The van der Waals surface area contributed by atoms with Crippen molar-refractivity contribution in [3.63, 3.8) is 0 Å². The average Bonchev–Trinajstić information content (AvgIpc) is 3.32. The fraction of sp³-hybridized carbons (Fsp3) is 0.250. The third kappa shape index (κ3) is 3.09. The number of hydrogen-bond acceptors (Lipinski definition) is 6. The van der Waals surface area contributed by atoms with E-state index in [9.17, 15) is 0 Å². The fourth-order valence-corrected chi connectivity index (χ4v) is 4.95. The first-order chi connectivity index (χ1) is 13.7. The molecule has 1 aliphatic carbocycles. The molecule has 0 atom stereocenters. The van der Waals surface area contributed by atoms with Crippen molar-refractivity contribution in [3.8, 4) is 0 Å². The molecule has 2 N–H and O–H groups in total. The van der Waals surface area contributed by atoms with Gasteiger partial charge in [0, 0.05) is 28.2 Å². The van der Waals surface area contributed by atoms with Crippen LogP contribution in [0.25, 0.3) is 10.9 Å². The number of fused-ring (bicyclic) bond motifs is 1. The van der Waals surface area contributed by atoms with Crippen LogP contribution in [0.5, 0.6) is 0 Å². The van der Waals surface area contributed by atoms with Gasteiger partial charge in [-0.2, -0.15) is 5.10 Å². The normalized spacial score (nSPS) is 17.4. The third-order valence-electron chi connectivity index (χ3n) is 4.86. The first-order valence-corrected chi connectivity index (χ1v) is 10.6. The molecule has 1 fully saturated rings. The van der Waals surface area contributed by atoms with Crippen LogP contribution in [0.1, 0.15) is 24.5 Å². The van der Waals surface area contributed by atoms with Crippen LogP contribution in [0.3, 0.4) is 0 Å². The molecule has 2 aliphatic rings. The Bertz CT molecular complexity index is 1080. The van der Waals surface area contributed by atoms with E-state index in [2.05, 4.69) is 21.6 Å². The van der Waals surface area contributed by atoms with Crippen molar-refractivity contribution in [2.45, 2.75) is 23.9 Å². The van der Waals surface area contributed by atoms with Crippen LogP contribution in [0.2, 0.25) is 0 Å². The first-order valence-electron chi connectivity index (χ1n) is 9.14.